The predicted molar refractivity (Wildman–Crippen MR) is 122 cm³/mol. The first-order valence-electron chi connectivity index (χ1n) is 10.5. The van der Waals surface area contributed by atoms with E-state index in [0.29, 0.717) is 0 Å². The minimum Gasteiger partial charge on any atom is -0.493 e. The molecular weight excluding hydrogens is 410 g/mol. The van der Waals surface area contributed by atoms with E-state index in [4.69, 9.17) is 0 Å². The Morgan fingerprint density at radius 1 is 1.00 bits per heavy atom. The lowest BCUT2D eigenvalue weighted by atomic mass is 9.86. The van der Waals surface area contributed by atoms with Crippen LogP contribution in [0.3, 0.4) is 0 Å². The Hall–Kier alpha value is -3.06. The van der Waals surface area contributed by atoms with Gasteiger partial charge in [-0.1, -0.05) is 72.4 Å². The van der Waals surface area contributed by atoms with E-state index in [9.17, 15) is 14.7 Å². The number of likely N-dealkylation sites (tertiary alicyclic amines) is 1. The first-order valence-corrected chi connectivity index (χ1v) is 11.5. The lowest BCUT2D eigenvalue weighted by Gasteiger charge is -2.26. The Bertz CT molecular complexity index is 1040. The fourth-order valence-electron chi connectivity index (χ4n) is 3.96. The van der Waals surface area contributed by atoms with Gasteiger partial charge in [-0.2, -0.15) is 4.98 Å². The van der Waals surface area contributed by atoms with Gasteiger partial charge >= 0.3 is 0 Å². The zero-order chi connectivity index (χ0) is 21.6. The summed E-state index contributed by atoms with van der Waals surface area (Å²) in [5.41, 5.74) is 1.57. The zero-order valence-corrected chi connectivity index (χ0v) is 18.0. The third-order valence-electron chi connectivity index (χ3n) is 5.51. The van der Waals surface area contributed by atoms with Crippen molar-refractivity contribution in [3.05, 3.63) is 87.7 Å². The SMILES string of the molecule is O=C(CSc1nc(O)c(C(c2ccccc2)c2ccccc2)c(=O)[nH]1)N1CCCCC1. The van der Waals surface area contributed by atoms with Crippen molar-refractivity contribution in [2.75, 3.05) is 18.8 Å². The van der Waals surface area contributed by atoms with Crippen molar-refractivity contribution in [2.45, 2.75) is 30.3 Å². The lowest BCUT2D eigenvalue weighted by Crippen LogP contribution is -2.36. The van der Waals surface area contributed by atoms with Crippen LogP contribution < -0.4 is 5.56 Å². The van der Waals surface area contributed by atoms with E-state index >= 15 is 0 Å². The van der Waals surface area contributed by atoms with E-state index < -0.39 is 11.5 Å². The third kappa shape index (κ3) is 4.99. The quantitative estimate of drug-likeness (QED) is 0.455. The summed E-state index contributed by atoms with van der Waals surface area (Å²) in [4.78, 5) is 34.3. The van der Waals surface area contributed by atoms with Gasteiger partial charge in [0.2, 0.25) is 11.8 Å². The smallest absolute Gasteiger partial charge is 0.259 e. The molecule has 2 aromatic carbocycles. The lowest BCUT2D eigenvalue weighted by molar-refractivity contribution is -0.129. The molecule has 1 saturated heterocycles. The van der Waals surface area contributed by atoms with Crippen LogP contribution in [0.2, 0.25) is 0 Å². The van der Waals surface area contributed by atoms with Gasteiger partial charge in [0.15, 0.2) is 5.16 Å². The molecule has 0 aliphatic carbocycles. The van der Waals surface area contributed by atoms with Crippen molar-refractivity contribution in [3.8, 4) is 5.88 Å². The van der Waals surface area contributed by atoms with Gasteiger partial charge < -0.3 is 15.0 Å². The van der Waals surface area contributed by atoms with E-state index in [0.717, 1.165) is 55.2 Å². The highest BCUT2D eigenvalue weighted by atomic mass is 32.2. The van der Waals surface area contributed by atoms with Crippen molar-refractivity contribution < 1.29 is 9.90 Å². The monoisotopic (exact) mass is 435 g/mol. The number of aromatic nitrogens is 2. The van der Waals surface area contributed by atoms with Crippen LogP contribution in [0.25, 0.3) is 0 Å². The van der Waals surface area contributed by atoms with E-state index in [-0.39, 0.29) is 28.3 Å². The van der Waals surface area contributed by atoms with Gasteiger partial charge in [-0.25, -0.2) is 0 Å². The number of thioether (sulfide) groups is 1. The van der Waals surface area contributed by atoms with Gasteiger partial charge in [0.1, 0.15) is 0 Å². The highest BCUT2D eigenvalue weighted by molar-refractivity contribution is 7.99. The van der Waals surface area contributed by atoms with Crippen LogP contribution in [-0.4, -0.2) is 44.7 Å². The fraction of sp³-hybridized carbons (Fsp3) is 0.292. The first-order chi connectivity index (χ1) is 15.1. The molecule has 2 N–H and O–H groups in total. The second kappa shape index (κ2) is 9.83. The third-order valence-corrected chi connectivity index (χ3v) is 6.37. The number of benzene rings is 2. The van der Waals surface area contributed by atoms with Crippen molar-refractivity contribution in [1.82, 2.24) is 14.9 Å². The number of H-pyrrole nitrogens is 1. The molecule has 0 atom stereocenters. The topological polar surface area (TPSA) is 86.3 Å². The van der Waals surface area contributed by atoms with Crippen LogP contribution in [0, 0.1) is 0 Å². The molecule has 0 unspecified atom stereocenters. The van der Waals surface area contributed by atoms with Crippen LogP contribution in [0.5, 0.6) is 5.88 Å². The molecule has 31 heavy (non-hydrogen) atoms. The van der Waals surface area contributed by atoms with E-state index in [2.05, 4.69) is 9.97 Å². The molecule has 1 aliphatic rings. The molecule has 2 heterocycles. The summed E-state index contributed by atoms with van der Waals surface area (Å²) in [6.45, 7) is 1.56. The summed E-state index contributed by atoms with van der Waals surface area (Å²) in [7, 11) is 0. The number of nitrogens with one attached hydrogen (secondary N) is 1. The molecule has 0 spiro atoms. The van der Waals surface area contributed by atoms with E-state index in [1.54, 1.807) is 0 Å². The number of hydrogen-bond donors (Lipinski definition) is 2. The van der Waals surface area contributed by atoms with Gasteiger partial charge in [-0.05, 0) is 30.4 Å². The zero-order valence-electron chi connectivity index (χ0n) is 17.2. The van der Waals surface area contributed by atoms with Crippen molar-refractivity contribution in [1.29, 1.82) is 0 Å². The molecule has 3 aromatic rings. The maximum atomic E-state index is 13.0. The minimum absolute atomic E-state index is 0.0300. The largest absolute Gasteiger partial charge is 0.493 e. The molecule has 0 saturated carbocycles. The number of carbonyl (C=O) groups excluding carboxylic acids is 1. The van der Waals surface area contributed by atoms with E-state index in [1.165, 1.54) is 0 Å². The molecule has 1 fully saturated rings. The number of amides is 1. The second-order valence-corrected chi connectivity index (χ2v) is 8.56. The molecular formula is C24H25N3O3S. The first kappa shape index (κ1) is 21.2. The Balaban J connectivity index is 1.61. The molecule has 0 bridgehead atoms. The van der Waals surface area contributed by atoms with E-state index in [1.807, 2.05) is 65.6 Å². The van der Waals surface area contributed by atoms with Gasteiger partial charge in [-0.3, -0.25) is 9.59 Å². The molecule has 1 aromatic heterocycles. The van der Waals surface area contributed by atoms with Crippen LogP contribution in [0.15, 0.2) is 70.6 Å². The Kier molecular flexibility index (Phi) is 6.72. The number of aromatic hydroxyl groups is 1. The number of nitrogens with zero attached hydrogens (tertiary/aromatic N) is 2. The number of aromatic amines is 1. The minimum atomic E-state index is -0.451. The second-order valence-electron chi connectivity index (χ2n) is 7.59. The maximum absolute atomic E-state index is 13.0. The Morgan fingerprint density at radius 2 is 1.58 bits per heavy atom. The van der Waals surface area contributed by atoms with Crippen molar-refractivity contribution >= 4 is 17.7 Å². The summed E-state index contributed by atoms with van der Waals surface area (Å²) in [5.74, 6) is -0.549. The van der Waals surface area contributed by atoms with Crippen LogP contribution >= 0.6 is 11.8 Å². The summed E-state index contributed by atoms with van der Waals surface area (Å²) < 4.78 is 0. The van der Waals surface area contributed by atoms with Crippen LogP contribution in [0.1, 0.15) is 41.9 Å². The van der Waals surface area contributed by atoms with Crippen molar-refractivity contribution in [2.24, 2.45) is 0 Å². The standard InChI is InChI=1S/C24H25N3O3S/c28-19(27-14-8-3-9-15-27)16-31-24-25-22(29)21(23(30)26-24)20(17-10-4-1-5-11-17)18-12-6-2-7-13-18/h1-2,4-7,10-13,20H,3,8-9,14-16H2,(H2,25,26,29,30). The average Bonchev–Trinajstić information content (AvgIpc) is 2.81. The maximum Gasteiger partial charge on any atom is 0.259 e. The highest BCUT2D eigenvalue weighted by Gasteiger charge is 2.25. The normalized spacial score (nSPS) is 14.0. The Labute approximate surface area is 185 Å². The molecule has 4 rings (SSSR count). The van der Waals surface area contributed by atoms with Gasteiger partial charge in [0.25, 0.3) is 5.56 Å². The highest BCUT2D eigenvalue weighted by Crippen LogP contribution is 2.34. The summed E-state index contributed by atoms with van der Waals surface area (Å²) >= 11 is 1.14. The molecule has 7 heteroatoms. The number of rotatable bonds is 6. The summed E-state index contributed by atoms with van der Waals surface area (Å²) in [6.07, 6.45) is 3.22. The molecule has 6 nitrogen and oxygen atoms in total. The van der Waals surface area contributed by atoms with Crippen LogP contribution in [0.4, 0.5) is 0 Å². The van der Waals surface area contributed by atoms with Gasteiger partial charge in [0, 0.05) is 19.0 Å². The summed E-state index contributed by atoms with van der Waals surface area (Å²) in [6, 6.07) is 19.1. The number of carbonyl (C=O) groups is 1. The fourth-order valence-corrected chi connectivity index (χ4v) is 4.72. The van der Waals surface area contributed by atoms with Crippen molar-refractivity contribution in [3.63, 3.8) is 0 Å². The molecule has 1 amide bonds. The number of hydrogen-bond acceptors (Lipinski definition) is 5. The molecule has 160 valence electrons. The van der Waals surface area contributed by atoms with Gasteiger partial charge in [-0.15, -0.1) is 0 Å². The molecule has 0 radical (unpaired) electrons. The predicted octanol–water partition coefficient (Wildman–Crippen LogP) is 3.76. The summed E-state index contributed by atoms with van der Waals surface area (Å²) in [5, 5.41) is 11.0. The molecule has 1 aliphatic heterocycles. The van der Waals surface area contributed by atoms with Crippen LogP contribution in [-0.2, 0) is 4.79 Å². The van der Waals surface area contributed by atoms with Gasteiger partial charge in [0.05, 0.1) is 11.3 Å². The average molecular weight is 436 g/mol. The Morgan fingerprint density at radius 3 is 2.13 bits per heavy atom. The number of piperidine rings is 1.